The number of benzene rings is 1. The van der Waals surface area contributed by atoms with E-state index in [9.17, 15) is 23.6 Å². The van der Waals surface area contributed by atoms with Crippen molar-refractivity contribution in [1.82, 2.24) is 24.4 Å². The molecule has 5 aromatic rings. The van der Waals surface area contributed by atoms with Crippen LogP contribution < -0.4 is 10.3 Å². The topological polar surface area (TPSA) is 123 Å². The quantitative estimate of drug-likeness (QED) is 0.140. The number of alkyl halides is 2. The van der Waals surface area contributed by atoms with Crippen molar-refractivity contribution in [2.24, 2.45) is 0 Å². The maximum absolute atomic E-state index is 13.9. The molecule has 0 bridgehead atoms. The van der Waals surface area contributed by atoms with Gasteiger partial charge in [-0.1, -0.05) is 17.7 Å². The molecular formula is C37H35ClF2N6O4S. The monoisotopic (exact) mass is 732 g/mol. The van der Waals surface area contributed by atoms with Gasteiger partial charge in [-0.2, -0.15) is 5.26 Å². The van der Waals surface area contributed by atoms with Gasteiger partial charge >= 0.3 is 5.97 Å². The molecule has 1 aliphatic rings. The second kappa shape index (κ2) is 14.5. The van der Waals surface area contributed by atoms with Gasteiger partial charge in [0.15, 0.2) is 0 Å². The largest absolute Gasteiger partial charge is 0.491 e. The number of aryl methyl sites for hydroxylation is 1. The van der Waals surface area contributed by atoms with Crippen molar-refractivity contribution in [3.05, 3.63) is 86.1 Å². The van der Waals surface area contributed by atoms with Gasteiger partial charge in [0.1, 0.15) is 29.9 Å². The fourth-order valence-corrected chi connectivity index (χ4v) is 7.12. The van der Waals surface area contributed by atoms with Crippen LogP contribution in [0.3, 0.4) is 0 Å². The first-order valence-corrected chi connectivity index (χ1v) is 17.6. The average molecular weight is 733 g/mol. The molecule has 10 nitrogen and oxygen atoms in total. The summed E-state index contributed by atoms with van der Waals surface area (Å²) >= 11 is 7.80. The van der Waals surface area contributed by atoms with E-state index in [0.717, 1.165) is 10.3 Å². The molecule has 0 aliphatic carbocycles. The van der Waals surface area contributed by atoms with Gasteiger partial charge in [-0.3, -0.25) is 24.2 Å². The van der Waals surface area contributed by atoms with Crippen LogP contribution in [0.25, 0.3) is 38.3 Å². The summed E-state index contributed by atoms with van der Waals surface area (Å²) in [4.78, 5) is 42.1. The van der Waals surface area contributed by atoms with E-state index >= 15 is 0 Å². The van der Waals surface area contributed by atoms with Crippen LogP contribution in [0.1, 0.15) is 61.1 Å². The highest BCUT2D eigenvalue weighted by molar-refractivity contribution is 7.18. The van der Waals surface area contributed by atoms with Crippen molar-refractivity contribution in [1.29, 1.82) is 5.26 Å². The zero-order chi connectivity index (χ0) is 36.5. The summed E-state index contributed by atoms with van der Waals surface area (Å²) in [5, 5.41) is 12.4. The lowest BCUT2D eigenvalue weighted by Crippen LogP contribution is -2.39. The van der Waals surface area contributed by atoms with Crippen molar-refractivity contribution in [2.75, 3.05) is 26.2 Å². The number of hydrogen-bond donors (Lipinski definition) is 0. The summed E-state index contributed by atoms with van der Waals surface area (Å²) in [5.41, 5.74) is 1.94. The Morgan fingerprint density at radius 3 is 2.67 bits per heavy atom. The lowest BCUT2D eigenvalue weighted by molar-refractivity contribution is -0.0530. The van der Waals surface area contributed by atoms with E-state index in [4.69, 9.17) is 21.1 Å². The second-order valence-electron chi connectivity index (χ2n) is 13.2. The van der Waals surface area contributed by atoms with Crippen LogP contribution in [0.5, 0.6) is 5.75 Å². The normalized spacial score (nSPS) is 15.0. The van der Waals surface area contributed by atoms with E-state index in [1.807, 2.05) is 11.0 Å². The molecule has 4 aromatic heterocycles. The van der Waals surface area contributed by atoms with Crippen LogP contribution in [-0.2, 0) is 11.3 Å². The number of rotatable bonds is 9. The summed E-state index contributed by atoms with van der Waals surface area (Å²) in [5.74, 6) is -2.17. The minimum atomic E-state index is -2.63. The third kappa shape index (κ3) is 7.93. The number of likely N-dealkylation sites (tertiary alicyclic amines) is 1. The van der Waals surface area contributed by atoms with Crippen LogP contribution in [-0.4, -0.2) is 68.2 Å². The Morgan fingerprint density at radius 1 is 1.18 bits per heavy atom. The number of fused-ring (bicyclic) bond motifs is 2. The van der Waals surface area contributed by atoms with Crippen molar-refractivity contribution < 1.29 is 23.0 Å². The summed E-state index contributed by atoms with van der Waals surface area (Å²) in [6.07, 6.45) is 6.10. The van der Waals surface area contributed by atoms with Gasteiger partial charge in [0.05, 0.1) is 50.7 Å². The predicted octanol–water partition coefficient (Wildman–Crippen LogP) is 7.68. The number of aromatic nitrogens is 4. The maximum Gasteiger partial charge on any atom is 0.341 e. The number of pyridine rings is 2. The SMILES string of the molecule is Cc1nc2cnc(/C=C/CN3CCC(F)(F)CC3)c(C#N)c2c(=O)n1CCOc1ccc(Cl)cc1-c1ccnc2c(C(=O)OC(C)(C)C)csc12. The summed E-state index contributed by atoms with van der Waals surface area (Å²) in [6.45, 7) is 8.29. The van der Waals surface area contributed by atoms with E-state index in [2.05, 4.69) is 21.0 Å². The van der Waals surface area contributed by atoms with E-state index in [1.165, 1.54) is 22.1 Å². The Bertz CT molecular complexity index is 2260. The van der Waals surface area contributed by atoms with E-state index < -0.39 is 23.1 Å². The number of nitrogens with zero attached hydrogens (tertiary/aromatic N) is 6. The van der Waals surface area contributed by atoms with Crippen LogP contribution in [0.2, 0.25) is 5.02 Å². The summed E-state index contributed by atoms with van der Waals surface area (Å²) < 4.78 is 41.1. The average Bonchev–Trinajstić information content (AvgIpc) is 3.51. The molecular weight excluding hydrogens is 698 g/mol. The van der Waals surface area contributed by atoms with Crippen LogP contribution in [0, 0.1) is 18.3 Å². The van der Waals surface area contributed by atoms with Gasteiger partial charge in [-0.15, -0.1) is 11.3 Å². The molecule has 1 saturated heterocycles. The lowest BCUT2D eigenvalue weighted by Gasteiger charge is -2.30. The minimum Gasteiger partial charge on any atom is -0.491 e. The van der Waals surface area contributed by atoms with Crippen molar-refractivity contribution >= 4 is 56.1 Å². The number of carbonyl (C=O) groups is 1. The highest BCUT2D eigenvalue weighted by atomic mass is 35.5. The van der Waals surface area contributed by atoms with Gasteiger partial charge in [-0.05, 0) is 58.0 Å². The standard InChI is InChI=1S/C37H35ClF2N6O4S/c1-22-44-29-20-43-28(6-5-13-45-14-10-37(39,40)11-15-45)26(19-41)31(29)34(47)46(22)16-17-49-30-8-7-23(38)18-25(30)24-9-12-42-32-27(21-51-33(24)32)35(48)50-36(2,3)4/h5-9,12,18,20-21H,10-11,13-17H2,1-4H3/b6-5+. The molecule has 51 heavy (non-hydrogen) atoms. The molecule has 0 saturated carbocycles. The maximum atomic E-state index is 13.9. The Labute approximate surface area is 301 Å². The first kappa shape index (κ1) is 36.0. The van der Waals surface area contributed by atoms with Gasteiger partial charge in [-0.25, -0.2) is 18.6 Å². The van der Waals surface area contributed by atoms with E-state index in [1.54, 1.807) is 69.6 Å². The van der Waals surface area contributed by atoms with Gasteiger partial charge in [0.25, 0.3) is 11.5 Å². The zero-order valence-electron chi connectivity index (χ0n) is 28.5. The molecule has 14 heteroatoms. The van der Waals surface area contributed by atoms with Crippen LogP contribution >= 0.6 is 22.9 Å². The smallest absolute Gasteiger partial charge is 0.341 e. The molecule has 1 aliphatic heterocycles. The van der Waals surface area contributed by atoms with Crippen molar-refractivity contribution in [3.8, 4) is 22.9 Å². The highest BCUT2D eigenvalue weighted by Gasteiger charge is 2.33. The molecule has 264 valence electrons. The first-order chi connectivity index (χ1) is 24.2. The minimum absolute atomic E-state index is 0.0823. The van der Waals surface area contributed by atoms with Gasteiger partial charge in [0, 0.05) is 60.2 Å². The number of piperidine rings is 1. The third-order valence-electron chi connectivity index (χ3n) is 8.44. The molecule has 0 unspecified atom stereocenters. The van der Waals surface area contributed by atoms with E-state index in [0.29, 0.717) is 51.0 Å². The zero-order valence-corrected chi connectivity index (χ0v) is 30.1. The predicted molar refractivity (Wildman–Crippen MR) is 194 cm³/mol. The fourth-order valence-electron chi connectivity index (χ4n) is 5.92. The highest BCUT2D eigenvalue weighted by Crippen LogP contribution is 2.40. The van der Waals surface area contributed by atoms with Crippen LogP contribution in [0.15, 0.2) is 52.9 Å². The second-order valence-corrected chi connectivity index (χ2v) is 14.6. The Kier molecular flexibility index (Phi) is 10.2. The van der Waals surface area contributed by atoms with E-state index in [-0.39, 0.29) is 50.0 Å². The molecule has 0 N–H and O–H groups in total. The number of nitriles is 1. The number of esters is 1. The number of halogens is 3. The lowest BCUT2D eigenvalue weighted by atomic mass is 10.0. The number of ether oxygens (including phenoxy) is 2. The molecule has 6 rings (SSSR count). The van der Waals surface area contributed by atoms with Crippen molar-refractivity contribution in [2.45, 2.75) is 58.6 Å². The summed E-state index contributed by atoms with van der Waals surface area (Å²) in [7, 11) is 0. The van der Waals surface area contributed by atoms with Gasteiger partial charge in [0.2, 0.25) is 0 Å². The third-order valence-corrected chi connectivity index (χ3v) is 9.67. The molecule has 0 spiro atoms. The molecule has 0 amide bonds. The molecule has 0 atom stereocenters. The molecule has 1 fully saturated rings. The molecule has 0 radical (unpaired) electrons. The van der Waals surface area contributed by atoms with Crippen LogP contribution in [0.4, 0.5) is 8.78 Å². The Morgan fingerprint density at radius 2 is 1.94 bits per heavy atom. The fraction of sp³-hybridized carbons (Fsp3) is 0.351. The molecule has 5 heterocycles. The Hall–Kier alpha value is -4.77. The van der Waals surface area contributed by atoms with Gasteiger partial charge < -0.3 is 9.47 Å². The van der Waals surface area contributed by atoms with Crippen molar-refractivity contribution in [3.63, 3.8) is 0 Å². The Balaban J connectivity index is 1.24. The number of thiophene rings is 1. The molecule has 1 aromatic carbocycles. The number of carbonyl (C=O) groups excluding carboxylic acids is 1. The number of hydrogen-bond acceptors (Lipinski definition) is 10. The summed E-state index contributed by atoms with van der Waals surface area (Å²) in [6, 6.07) is 9.16. The first-order valence-electron chi connectivity index (χ1n) is 16.3.